The van der Waals surface area contributed by atoms with E-state index in [1.54, 1.807) is 0 Å². The third kappa shape index (κ3) is 5.08. The molecule has 0 heteroatoms. The fraction of sp³-hybridized carbons (Fsp3) is 0.308. The van der Waals surface area contributed by atoms with E-state index in [1.165, 1.54) is 35.1 Å². The van der Waals surface area contributed by atoms with Crippen molar-refractivity contribution in [3.8, 4) is 0 Å². The first-order valence-electron chi connectivity index (χ1n) is 9.91. The molecule has 1 aliphatic rings. The third-order valence-corrected chi connectivity index (χ3v) is 5.31. The maximum absolute atomic E-state index is 4.03. The van der Waals surface area contributed by atoms with Crippen molar-refractivity contribution in [2.24, 2.45) is 11.8 Å². The number of benzene rings is 2. The molecule has 3 rings (SSSR count). The Kier molecular flexibility index (Phi) is 6.66. The summed E-state index contributed by atoms with van der Waals surface area (Å²) < 4.78 is 0. The molecule has 2 aromatic rings. The second-order valence-electron chi connectivity index (χ2n) is 7.33. The van der Waals surface area contributed by atoms with E-state index in [1.807, 2.05) is 0 Å². The van der Waals surface area contributed by atoms with E-state index in [4.69, 9.17) is 0 Å². The molecule has 26 heavy (non-hydrogen) atoms. The largest absolute Gasteiger partial charge is 0.102 e. The van der Waals surface area contributed by atoms with Crippen molar-refractivity contribution in [3.63, 3.8) is 0 Å². The Labute approximate surface area is 159 Å². The van der Waals surface area contributed by atoms with Crippen LogP contribution in [-0.2, 0) is 19.3 Å². The van der Waals surface area contributed by atoms with Gasteiger partial charge in [-0.05, 0) is 48.3 Å². The summed E-state index contributed by atoms with van der Waals surface area (Å²) >= 11 is 0. The third-order valence-electron chi connectivity index (χ3n) is 5.31. The van der Waals surface area contributed by atoms with Gasteiger partial charge in [-0.25, -0.2) is 0 Å². The maximum atomic E-state index is 4.03. The zero-order chi connectivity index (χ0) is 18.2. The predicted octanol–water partition coefficient (Wildman–Crippen LogP) is 6.73. The van der Waals surface area contributed by atoms with Gasteiger partial charge in [-0.2, -0.15) is 0 Å². The molecule has 0 heterocycles. The Morgan fingerprint density at radius 3 is 2.15 bits per heavy atom. The monoisotopic (exact) mass is 342 g/mol. The van der Waals surface area contributed by atoms with Crippen LogP contribution in [0.1, 0.15) is 36.5 Å². The standard InChI is InChI=1S/C26H30/c1-3-8-23-17-18-25(4-2)26(19-23)20-24-15-13-22(14-16-24)12-11-21-9-6-5-7-10-21/h4-7,9-10,13-19,25-26H,2-3,8,11-12,20H2,1H3. The van der Waals surface area contributed by atoms with E-state index in [9.17, 15) is 0 Å². The van der Waals surface area contributed by atoms with E-state index >= 15 is 0 Å². The first-order valence-corrected chi connectivity index (χ1v) is 9.91. The molecule has 0 bridgehead atoms. The average molecular weight is 343 g/mol. The summed E-state index contributed by atoms with van der Waals surface area (Å²) in [7, 11) is 0. The van der Waals surface area contributed by atoms with Gasteiger partial charge in [0.15, 0.2) is 0 Å². The number of aryl methyl sites for hydroxylation is 2. The first kappa shape index (κ1) is 18.5. The average Bonchev–Trinajstić information content (AvgIpc) is 2.69. The van der Waals surface area contributed by atoms with Crippen LogP contribution in [0, 0.1) is 11.8 Å². The van der Waals surface area contributed by atoms with Crippen molar-refractivity contribution in [2.45, 2.75) is 39.0 Å². The molecule has 0 saturated carbocycles. The normalized spacial score (nSPS) is 19.2. The van der Waals surface area contributed by atoms with Gasteiger partial charge < -0.3 is 0 Å². The Balaban J connectivity index is 1.61. The lowest BCUT2D eigenvalue weighted by Crippen LogP contribution is -2.15. The molecule has 134 valence electrons. The molecular weight excluding hydrogens is 312 g/mol. The highest BCUT2D eigenvalue weighted by atomic mass is 14.2. The van der Waals surface area contributed by atoms with E-state index in [0.717, 1.165) is 19.3 Å². The lowest BCUT2D eigenvalue weighted by atomic mass is 9.81. The number of hydrogen-bond acceptors (Lipinski definition) is 0. The van der Waals surface area contributed by atoms with Gasteiger partial charge in [-0.1, -0.05) is 97.8 Å². The topological polar surface area (TPSA) is 0 Å². The van der Waals surface area contributed by atoms with Crippen LogP contribution in [0.3, 0.4) is 0 Å². The van der Waals surface area contributed by atoms with Crippen LogP contribution in [0.5, 0.6) is 0 Å². The molecule has 0 N–H and O–H groups in total. The van der Waals surface area contributed by atoms with Crippen molar-refractivity contribution in [2.75, 3.05) is 0 Å². The van der Waals surface area contributed by atoms with Crippen LogP contribution in [0.15, 0.2) is 91.1 Å². The van der Waals surface area contributed by atoms with Crippen LogP contribution in [0.4, 0.5) is 0 Å². The molecule has 0 amide bonds. The summed E-state index contributed by atoms with van der Waals surface area (Å²) in [6, 6.07) is 20.0. The number of allylic oxidation sites excluding steroid dienone is 5. The van der Waals surface area contributed by atoms with Crippen molar-refractivity contribution >= 4 is 0 Å². The zero-order valence-electron chi connectivity index (χ0n) is 15.9. The fourth-order valence-corrected chi connectivity index (χ4v) is 3.77. The smallest absolute Gasteiger partial charge is 0.00133 e. The summed E-state index contributed by atoms with van der Waals surface area (Å²) in [5, 5.41) is 0. The summed E-state index contributed by atoms with van der Waals surface area (Å²) in [6.45, 7) is 6.28. The Hall–Kier alpha value is -2.34. The second kappa shape index (κ2) is 9.38. The van der Waals surface area contributed by atoms with Crippen LogP contribution in [0.25, 0.3) is 0 Å². The van der Waals surface area contributed by atoms with Gasteiger partial charge in [0, 0.05) is 5.92 Å². The van der Waals surface area contributed by atoms with Gasteiger partial charge in [0.05, 0.1) is 0 Å². The van der Waals surface area contributed by atoms with Gasteiger partial charge in [0.25, 0.3) is 0 Å². The summed E-state index contributed by atoms with van der Waals surface area (Å²) in [5.74, 6) is 0.989. The highest BCUT2D eigenvalue weighted by Crippen LogP contribution is 2.29. The Bertz CT molecular complexity index is 746. The van der Waals surface area contributed by atoms with Gasteiger partial charge >= 0.3 is 0 Å². The van der Waals surface area contributed by atoms with Crippen molar-refractivity contribution in [3.05, 3.63) is 108 Å². The molecular formula is C26H30. The fourth-order valence-electron chi connectivity index (χ4n) is 3.77. The molecule has 0 nitrogen and oxygen atoms in total. The molecule has 0 saturated heterocycles. The quantitative estimate of drug-likeness (QED) is 0.467. The van der Waals surface area contributed by atoms with E-state index in [-0.39, 0.29) is 0 Å². The molecule has 1 aliphatic carbocycles. The molecule has 0 aromatic heterocycles. The number of rotatable bonds is 8. The lowest BCUT2D eigenvalue weighted by Gasteiger charge is -2.24. The summed E-state index contributed by atoms with van der Waals surface area (Å²) in [6.07, 6.45) is 14.9. The molecule has 2 aromatic carbocycles. The molecule has 2 unspecified atom stereocenters. The van der Waals surface area contributed by atoms with Crippen LogP contribution >= 0.6 is 0 Å². The zero-order valence-corrected chi connectivity index (χ0v) is 15.9. The van der Waals surface area contributed by atoms with E-state index in [0.29, 0.717) is 11.8 Å². The first-order chi connectivity index (χ1) is 12.8. The van der Waals surface area contributed by atoms with Gasteiger partial charge in [-0.3, -0.25) is 0 Å². The molecule has 0 fully saturated rings. The summed E-state index contributed by atoms with van der Waals surface area (Å²) in [4.78, 5) is 0. The van der Waals surface area contributed by atoms with Gasteiger partial charge in [-0.15, -0.1) is 6.58 Å². The molecule has 2 atom stereocenters. The second-order valence-corrected chi connectivity index (χ2v) is 7.33. The number of hydrogen-bond donors (Lipinski definition) is 0. The van der Waals surface area contributed by atoms with Crippen LogP contribution in [0.2, 0.25) is 0 Å². The molecule has 0 radical (unpaired) electrons. The maximum Gasteiger partial charge on any atom is 0.00133 e. The Morgan fingerprint density at radius 1 is 0.846 bits per heavy atom. The molecule has 0 aliphatic heterocycles. The van der Waals surface area contributed by atoms with Gasteiger partial charge in [0.2, 0.25) is 0 Å². The summed E-state index contributed by atoms with van der Waals surface area (Å²) in [5.41, 5.74) is 5.74. The van der Waals surface area contributed by atoms with Gasteiger partial charge in [0.1, 0.15) is 0 Å². The highest BCUT2D eigenvalue weighted by Gasteiger charge is 2.18. The minimum atomic E-state index is 0.452. The SMILES string of the molecule is C=CC1C=CC(CCC)=CC1Cc1ccc(CCc2ccccc2)cc1. The van der Waals surface area contributed by atoms with E-state index in [2.05, 4.69) is 92.4 Å². The van der Waals surface area contributed by atoms with Crippen molar-refractivity contribution < 1.29 is 0 Å². The predicted molar refractivity (Wildman–Crippen MR) is 113 cm³/mol. The van der Waals surface area contributed by atoms with Crippen molar-refractivity contribution in [1.29, 1.82) is 0 Å². The van der Waals surface area contributed by atoms with Crippen molar-refractivity contribution in [1.82, 2.24) is 0 Å². The highest BCUT2D eigenvalue weighted by molar-refractivity contribution is 5.31. The minimum absolute atomic E-state index is 0.452. The minimum Gasteiger partial charge on any atom is -0.102 e. The molecule has 0 spiro atoms. The lowest BCUT2D eigenvalue weighted by molar-refractivity contribution is 0.542. The van der Waals surface area contributed by atoms with Crippen LogP contribution in [-0.4, -0.2) is 0 Å². The van der Waals surface area contributed by atoms with Crippen LogP contribution < -0.4 is 0 Å². The Morgan fingerprint density at radius 2 is 1.50 bits per heavy atom. The van der Waals surface area contributed by atoms with E-state index < -0.39 is 0 Å².